The Morgan fingerprint density at radius 2 is 1.71 bits per heavy atom. The van der Waals surface area contributed by atoms with E-state index in [1.54, 1.807) is 6.07 Å². The molecule has 0 fully saturated rings. The number of allylic oxidation sites excluding steroid dienone is 4. The van der Waals surface area contributed by atoms with Crippen molar-refractivity contribution in [2.75, 3.05) is 0 Å². The van der Waals surface area contributed by atoms with Gasteiger partial charge < -0.3 is 19.7 Å². The lowest BCUT2D eigenvalue weighted by Gasteiger charge is -2.08. The molecule has 5 nitrogen and oxygen atoms in total. The minimum absolute atomic E-state index is 0.0182. The molecule has 0 atom stereocenters. The summed E-state index contributed by atoms with van der Waals surface area (Å²) in [6, 6.07) is 5.29. The van der Waals surface area contributed by atoms with Crippen LogP contribution in [0.15, 0.2) is 56.8 Å². The van der Waals surface area contributed by atoms with Crippen LogP contribution in [0.25, 0.3) is 21.9 Å². The van der Waals surface area contributed by atoms with Crippen molar-refractivity contribution in [3.63, 3.8) is 0 Å². The minimum atomic E-state index is -0.449. The molecule has 3 aromatic rings. The zero-order chi connectivity index (χ0) is 20.4. The molecule has 0 saturated carbocycles. The van der Waals surface area contributed by atoms with Crippen LogP contribution in [0.5, 0.6) is 17.2 Å². The monoisotopic (exact) mass is 380 g/mol. The highest BCUT2D eigenvalue weighted by molar-refractivity contribution is 5.95. The number of rotatable bonds is 5. The molecule has 0 radical (unpaired) electrons. The van der Waals surface area contributed by atoms with E-state index in [0.717, 1.165) is 18.9 Å². The third-order valence-electron chi connectivity index (χ3n) is 4.66. The standard InChI is InChI=1S/C23H24O5/c1-13(2)5-4-6-14(3)7-8-15-9-16(24)10-18-22(27)21-19(26)11-17(25)12-20(21)28-23(15)18/h5,7,9-12,24-26H,4,6,8H2,1-3H3/b14-7+. The van der Waals surface area contributed by atoms with Crippen LogP contribution < -0.4 is 5.43 Å². The predicted octanol–water partition coefficient (Wildman–Crippen LogP) is 5.30. The van der Waals surface area contributed by atoms with Gasteiger partial charge in [-0.1, -0.05) is 23.3 Å². The fourth-order valence-electron chi connectivity index (χ4n) is 3.23. The van der Waals surface area contributed by atoms with Gasteiger partial charge in [0.05, 0.1) is 5.39 Å². The van der Waals surface area contributed by atoms with Crippen molar-refractivity contribution >= 4 is 21.9 Å². The molecule has 0 aliphatic heterocycles. The Balaban J connectivity index is 2.08. The van der Waals surface area contributed by atoms with Gasteiger partial charge in [0, 0.05) is 17.7 Å². The molecule has 0 aliphatic carbocycles. The van der Waals surface area contributed by atoms with Gasteiger partial charge in [-0.2, -0.15) is 0 Å². The van der Waals surface area contributed by atoms with Crippen molar-refractivity contribution in [3.05, 3.63) is 63.4 Å². The lowest BCUT2D eigenvalue weighted by molar-refractivity contribution is 0.452. The van der Waals surface area contributed by atoms with Crippen LogP contribution in [-0.2, 0) is 6.42 Å². The fourth-order valence-corrected chi connectivity index (χ4v) is 3.23. The van der Waals surface area contributed by atoms with Crippen LogP contribution in [0.3, 0.4) is 0 Å². The van der Waals surface area contributed by atoms with Crippen LogP contribution in [-0.4, -0.2) is 15.3 Å². The third-order valence-corrected chi connectivity index (χ3v) is 4.66. The van der Waals surface area contributed by atoms with Gasteiger partial charge in [0.25, 0.3) is 0 Å². The van der Waals surface area contributed by atoms with Gasteiger partial charge in [0.15, 0.2) is 0 Å². The van der Waals surface area contributed by atoms with Crippen LogP contribution >= 0.6 is 0 Å². The first kappa shape index (κ1) is 19.5. The molecule has 0 unspecified atom stereocenters. The highest BCUT2D eigenvalue weighted by Gasteiger charge is 2.16. The molecule has 0 spiro atoms. The first-order valence-electron chi connectivity index (χ1n) is 9.19. The molecule has 146 valence electrons. The fraction of sp³-hybridized carbons (Fsp3) is 0.261. The summed E-state index contributed by atoms with van der Waals surface area (Å²) in [5.41, 5.74) is 3.15. The molecule has 28 heavy (non-hydrogen) atoms. The second-order valence-electron chi connectivity index (χ2n) is 7.33. The summed E-state index contributed by atoms with van der Waals surface area (Å²) >= 11 is 0. The normalized spacial score (nSPS) is 11.9. The van der Waals surface area contributed by atoms with E-state index in [0.29, 0.717) is 17.6 Å². The number of aromatic hydroxyl groups is 3. The Morgan fingerprint density at radius 3 is 2.43 bits per heavy atom. The number of phenolic OH excluding ortho intramolecular Hbond substituents is 3. The largest absolute Gasteiger partial charge is 0.508 e. The molecular weight excluding hydrogens is 356 g/mol. The molecule has 1 heterocycles. The van der Waals surface area contributed by atoms with Gasteiger partial charge >= 0.3 is 0 Å². The van der Waals surface area contributed by atoms with E-state index >= 15 is 0 Å². The quantitative estimate of drug-likeness (QED) is 0.413. The van der Waals surface area contributed by atoms with E-state index in [9.17, 15) is 20.1 Å². The second-order valence-corrected chi connectivity index (χ2v) is 7.33. The van der Waals surface area contributed by atoms with Crippen molar-refractivity contribution in [1.82, 2.24) is 0 Å². The van der Waals surface area contributed by atoms with Crippen molar-refractivity contribution < 1.29 is 19.7 Å². The molecule has 0 amide bonds. The van der Waals surface area contributed by atoms with E-state index in [1.165, 1.54) is 23.3 Å². The summed E-state index contributed by atoms with van der Waals surface area (Å²) < 4.78 is 5.85. The molecular formula is C23H24O5. The SMILES string of the molecule is CC(C)=CCC/C(C)=C/Cc1cc(O)cc2c(=O)c3c(O)cc(O)cc3oc12. The minimum Gasteiger partial charge on any atom is -0.508 e. The Kier molecular flexibility index (Phi) is 5.45. The van der Waals surface area contributed by atoms with E-state index in [2.05, 4.69) is 26.0 Å². The van der Waals surface area contributed by atoms with E-state index in [1.807, 2.05) is 6.92 Å². The highest BCUT2D eigenvalue weighted by Crippen LogP contribution is 2.32. The summed E-state index contributed by atoms with van der Waals surface area (Å²) in [4.78, 5) is 12.8. The van der Waals surface area contributed by atoms with Crippen LogP contribution in [0, 0.1) is 0 Å². The van der Waals surface area contributed by atoms with Crippen molar-refractivity contribution in [1.29, 1.82) is 0 Å². The zero-order valence-corrected chi connectivity index (χ0v) is 16.2. The first-order chi connectivity index (χ1) is 13.3. The maximum absolute atomic E-state index is 12.8. The molecule has 0 aliphatic rings. The molecule has 0 saturated heterocycles. The zero-order valence-electron chi connectivity index (χ0n) is 16.2. The van der Waals surface area contributed by atoms with Gasteiger partial charge in [-0.25, -0.2) is 0 Å². The third kappa shape index (κ3) is 4.03. The van der Waals surface area contributed by atoms with E-state index in [4.69, 9.17) is 4.42 Å². The second kappa shape index (κ2) is 7.80. The van der Waals surface area contributed by atoms with Gasteiger partial charge in [0.2, 0.25) is 5.43 Å². The number of benzene rings is 2. The van der Waals surface area contributed by atoms with Crippen LogP contribution in [0.2, 0.25) is 0 Å². The van der Waals surface area contributed by atoms with Gasteiger partial charge in [-0.3, -0.25) is 4.79 Å². The predicted molar refractivity (Wildman–Crippen MR) is 111 cm³/mol. The van der Waals surface area contributed by atoms with Crippen LogP contribution in [0.1, 0.15) is 39.2 Å². The topological polar surface area (TPSA) is 90.9 Å². The van der Waals surface area contributed by atoms with Crippen molar-refractivity contribution in [3.8, 4) is 17.2 Å². The van der Waals surface area contributed by atoms with Gasteiger partial charge in [-0.05, 0) is 52.2 Å². The van der Waals surface area contributed by atoms with Gasteiger partial charge in [-0.15, -0.1) is 0 Å². The lowest BCUT2D eigenvalue weighted by atomic mass is 10.0. The summed E-state index contributed by atoms with van der Waals surface area (Å²) in [5, 5.41) is 30.0. The summed E-state index contributed by atoms with van der Waals surface area (Å²) in [5.74, 6) is -0.587. The molecule has 3 N–H and O–H groups in total. The Labute approximate surface area is 162 Å². The number of hydrogen-bond donors (Lipinski definition) is 3. The maximum atomic E-state index is 12.8. The Hall–Kier alpha value is -3.21. The summed E-state index contributed by atoms with van der Waals surface area (Å²) in [6.45, 7) is 6.19. The average Bonchev–Trinajstić information content (AvgIpc) is 2.59. The van der Waals surface area contributed by atoms with Crippen molar-refractivity contribution in [2.45, 2.75) is 40.0 Å². The molecule has 3 rings (SSSR count). The number of phenols is 3. The summed E-state index contributed by atoms with van der Waals surface area (Å²) in [7, 11) is 0. The molecule has 1 aromatic heterocycles. The average molecular weight is 380 g/mol. The highest BCUT2D eigenvalue weighted by atomic mass is 16.3. The first-order valence-corrected chi connectivity index (χ1v) is 9.19. The molecule has 0 bridgehead atoms. The number of fused-ring (bicyclic) bond motifs is 2. The smallest absolute Gasteiger partial charge is 0.204 e. The number of hydrogen-bond acceptors (Lipinski definition) is 5. The van der Waals surface area contributed by atoms with E-state index < -0.39 is 5.43 Å². The maximum Gasteiger partial charge on any atom is 0.204 e. The lowest BCUT2D eigenvalue weighted by Crippen LogP contribution is -2.04. The molecule has 5 heteroatoms. The van der Waals surface area contributed by atoms with E-state index in [-0.39, 0.29) is 33.6 Å². The van der Waals surface area contributed by atoms with Gasteiger partial charge in [0.1, 0.15) is 33.8 Å². The van der Waals surface area contributed by atoms with Crippen molar-refractivity contribution in [2.24, 2.45) is 0 Å². The Bertz CT molecular complexity index is 1160. The van der Waals surface area contributed by atoms with Crippen LogP contribution in [0.4, 0.5) is 0 Å². The molecule has 2 aromatic carbocycles. The summed E-state index contributed by atoms with van der Waals surface area (Å²) in [6.07, 6.45) is 6.62. The Morgan fingerprint density at radius 1 is 1.00 bits per heavy atom.